The van der Waals surface area contributed by atoms with Gasteiger partial charge in [0.15, 0.2) is 5.15 Å². The zero-order chi connectivity index (χ0) is 18.6. The molecule has 1 N–H and O–H groups in total. The predicted octanol–water partition coefficient (Wildman–Crippen LogP) is 4.26. The molecule has 1 aliphatic heterocycles. The van der Waals surface area contributed by atoms with Crippen molar-refractivity contribution in [3.05, 3.63) is 41.9 Å². The van der Waals surface area contributed by atoms with Crippen LogP contribution < -0.4 is 9.62 Å². The second-order valence-electron chi connectivity index (χ2n) is 6.13. The molecular weight excluding hydrogens is 382 g/mol. The molecule has 1 fully saturated rings. The first-order valence-corrected chi connectivity index (χ1v) is 10.2. The standard InChI is InChI=1S/C19H20ClN5OS/c1-2-27-24-17-10-14(11-21-18(17)20)13-3-4-16-15(9-13)19(23-12-22-16)25-5-7-26-8-6-25/h3-4,9-12,24H,2,5-8H2,1H3. The Bertz CT molecular complexity index is 949. The lowest BCUT2D eigenvalue weighted by molar-refractivity contribution is 0.122. The van der Waals surface area contributed by atoms with E-state index >= 15 is 0 Å². The molecule has 27 heavy (non-hydrogen) atoms. The second-order valence-corrected chi connectivity index (χ2v) is 7.55. The van der Waals surface area contributed by atoms with Gasteiger partial charge in [-0.15, -0.1) is 0 Å². The van der Waals surface area contributed by atoms with E-state index in [2.05, 4.69) is 43.6 Å². The van der Waals surface area contributed by atoms with E-state index in [0.717, 1.165) is 65.6 Å². The largest absolute Gasteiger partial charge is 0.378 e. The smallest absolute Gasteiger partial charge is 0.152 e. The number of rotatable bonds is 5. The van der Waals surface area contributed by atoms with Crippen LogP contribution in [0.15, 0.2) is 36.8 Å². The van der Waals surface area contributed by atoms with Gasteiger partial charge in [-0.2, -0.15) is 0 Å². The van der Waals surface area contributed by atoms with Crippen LogP contribution in [0.5, 0.6) is 0 Å². The van der Waals surface area contributed by atoms with Crippen molar-refractivity contribution in [2.75, 3.05) is 41.7 Å². The molecule has 0 bridgehead atoms. The number of anilines is 2. The molecule has 0 amide bonds. The van der Waals surface area contributed by atoms with Gasteiger partial charge < -0.3 is 14.4 Å². The van der Waals surface area contributed by atoms with Crippen molar-refractivity contribution in [2.45, 2.75) is 6.92 Å². The number of benzene rings is 1. The topological polar surface area (TPSA) is 63.2 Å². The van der Waals surface area contributed by atoms with Crippen LogP contribution >= 0.6 is 23.5 Å². The van der Waals surface area contributed by atoms with Crippen molar-refractivity contribution in [3.8, 4) is 11.1 Å². The van der Waals surface area contributed by atoms with E-state index in [1.165, 1.54) is 0 Å². The minimum atomic E-state index is 0.470. The van der Waals surface area contributed by atoms with Crippen molar-refractivity contribution in [2.24, 2.45) is 0 Å². The quantitative estimate of drug-likeness (QED) is 0.506. The van der Waals surface area contributed by atoms with Crippen molar-refractivity contribution in [1.82, 2.24) is 15.0 Å². The van der Waals surface area contributed by atoms with Gasteiger partial charge in [0.25, 0.3) is 0 Å². The monoisotopic (exact) mass is 401 g/mol. The third kappa shape index (κ3) is 3.95. The number of halogens is 1. The molecule has 1 aliphatic rings. The van der Waals surface area contributed by atoms with Gasteiger partial charge in [-0.1, -0.05) is 36.5 Å². The molecule has 140 valence electrons. The van der Waals surface area contributed by atoms with Gasteiger partial charge in [-0.25, -0.2) is 15.0 Å². The maximum Gasteiger partial charge on any atom is 0.152 e. The fourth-order valence-electron chi connectivity index (χ4n) is 3.08. The lowest BCUT2D eigenvalue weighted by Crippen LogP contribution is -2.36. The Hall–Kier alpha value is -2.09. The fraction of sp³-hybridized carbons (Fsp3) is 0.316. The Morgan fingerprint density at radius 1 is 1.15 bits per heavy atom. The summed E-state index contributed by atoms with van der Waals surface area (Å²) in [5.41, 5.74) is 3.80. The Morgan fingerprint density at radius 2 is 2.00 bits per heavy atom. The Balaban J connectivity index is 1.74. The molecule has 4 rings (SSSR count). The number of ether oxygens (including phenoxy) is 1. The van der Waals surface area contributed by atoms with E-state index in [-0.39, 0.29) is 0 Å². The highest BCUT2D eigenvalue weighted by molar-refractivity contribution is 8.00. The molecule has 2 aromatic heterocycles. The third-order valence-electron chi connectivity index (χ3n) is 4.42. The molecular formula is C19H20ClN5OS. The first kappa shape index (κ1) is 18.3. The van der Waals surface area contributed by atoms with Gasteiger partial charge in [-0.05, 0) is 23.8 Å². The van der Waals surface area contributed by atoms with Gasteiger partial charge >= 0.3 is 0 Å². The average Bonchev–Trinajstić information content (AvgIpc) is 2.73. The number of nitrogens with one attached hydrogen (secondary N) is 1. The molecule has 0 aliphatic carbocycles. The normalized spacial score (nSPS) is 14.5. The van der Waals surface area contributed by atoms with E-state index in [0.29, 0.717) is 5.15 Å². The van der Waals surface area contributed by atoms with Gasteiger partial charge in [0, 0.05) is 36.0 Å². The number of hydrogen-bond donors (Lipinski definition) is 1. The van der Waals surface area contributed by atoms with E-state index in [1.54, 1.807) is 24.5 Å². The maximum atomic E-state index is 6.22. The Labute approximate surface area is 167 Å². The summed E-state index contributed by atoms with van der Waals surface area (Å²) in [5.74, 6) is 1.89. The van der Waals surface area contributed by atoms with Crippen molar-refractivity contribution in [3.63, 3.8) is 0 Å². The van der Waals surface area contributed by atoms with Crippen LogP contribution in [-0.2, 0) is 4.74 Å². The van der Waals surface area contributed by atoms with Crippen LogP contribution in [0.2, 0.25) is 5.15 Å². The second kappa shape index (κ2) is 8.29. The molecule has 0 radical (unpaired) electrons. The summed E-state index contributed by atoms with van der Waals surface area (Å²) >= 11 is 7.81. The van der Waals surface area contributed by atoms with E-state index in [1.807, 2.05) is 12.1 Å². The maximum absolute atomic E-state index is 6.22. The summed E-state index contributed by atoms with van der Waals surface area (Å²) in [6.07, 6.45) is 3.42. The minimum Gasteiger partial charge on any atom is -0.378 e. The molecule has 3 heterocycles. The molecule has 8 heteroatoms. The minimum absolute atomic E-state index is 0.470. The predicted molar refractivity (Wildman–Crippen MR) is 113 cm³/mol. The van der Waals surface area contributed by atoms with Gasteiger partial charge in [0.05, 0.1) is 24.4 Å². The van der Waals surface area contributed by atoms with Crippen LogP contribution in [-0.4, -0.2) is 47.0 Å². The summed E-state index contributed by atoms with van der Waals surface area (Å²) in [6.45, 7) is 5.19. The number of hydrogen-bond acceptors (Lipinski definition) is 7. The summed E-state index contributed by atoms with van der Waals surface area (Å²) < 4.78 is 8.72. The van der Waals surface area contributed by atoms with Crippen LogP contribution in [0.1, 0.15) is 6.92 Å². The number of pyridine rings is 1. The first-order chi connectivity index (χ1) is 13.3. The van der Waals surface area contributed by atoms with Gasteiger partial charge in [0.2, 0.25) is 0 Å². The number of nitrogens with zero attached hydrogens (tertiary/aromatic N) is 4. The molecule has 6 nitrogen and oxygen atoms in total. The van der Waals surface area contributed by atoms with Crippen LogP contribution in [0.4, 0.5) is 11.5 Å². The molecule has 3 aromatic rings. The first-order valence-electron chi connectivity index (χ1n) is 8.87. The zero-order valence-electron chi connectivity index (χ0n) is 15.0. The van der Waals surface area contributed by atoms with E-state index in [9.17, 15) is 0 Å². The molecule has 1 aromatic carbocycles. The van der Waals surface area contributed by atoms with Crippen molar-refractivity contribution >= 4 is 46.0 Å². The lowest BCUT2D eigenvalue weighted by atomic mass is 10.0. The SMILES string of the molecule is CCSNc1cc(-c2ccc3ncnc(N4CCOCC4)c3c2)cnc1Cl. The molecule has 0 atom stereocenters. The van der Waals surface area contributed by atoms with Gasteiger partial charge in [-0.3, -0.25) is 0 Å². The zero-order valence-corrected chi connectivity index (χ0v) is 16.6. The van der Waals surface area contributed by atoms with Crippen molar-refractivity contribution < 1.29 is 4.74 Å². The molecule has 0 saturated carbocycles. The third-order valence-corrected chi connectivity index (χ3v) is 5.38. The summed E-state index contributed by atoms with van der Waals surface area (Å²) in [6, 6.07) is 8.23. The van der Waals surface area contributed by atoms with E-state index < -0.39 is 0 Å². The highest BCUT2D eigenvalue weighted by Gasteiger charge is 2.16. The number of aromatic nitrogens is 3. The lowest BCUT2D eigenvalue weighted by Gasteiger charge is -2.28. The summed E-state index contributed by atoms with van der Waals surface area (Å²) in [4.78, 5) is 15.6. The van der Waals surface area contributed by atoms with E-state index in [4.69, 9.17) is 16.3 Å². The molecule has 0 spiro atoms. The highest BCUT2D eigenvalue weighted by Crippen LogP contribution is 2.32. The Morgan fingerprint density at radius 3 is 2.81 bits per heavy atom. The fourth-order valence-corrected chi connectivity index (χ4v) is 3.74. The van der Waals surface area contributed by atoms with Crippen molar-refractivity contribution in [1.29, 1.82) is 0 Å². The number of morpholine rings is 1. The molecule has 1 saturated heterocycles. The summed E-state index contributed by atoms with van der Waals surface area (Å²) in [7, 11) is 0. The highest BCUT2D eigenvalue weighted by atomic mass is 35.5. The Kier molecular flexibility index (Phi) is 5.61. The average molecular weight is 402 g/mol. The van der Waals surface area contributed by atoms with Crippen LogP contribution in [0.25, 0.3) is 22.0 Å². The van der Waals surface area contributed by atoms with Crippen LogP contribution in [0.3, 0.4) is 0 Å². The summed E-state index contributed by atoms with van der Waals surface area (Å²) in [5, 5.41) is 1.50. The van der Waals surface area contributed by atoms with Gasteiger partial charge in [0.1, 0.15) is 12.1 Å². The van der Waals surface area contributed by atoms with Crippen LogP contribution in [0, 0.1) is 0 Å². The number of fused-ring (bicyclic) bond motifs is 1. The molecule has 0 unspecified atom stereocenters.